The predicted molar refractivity (Wildman–Crippen MR) is 133 cm³/mol. The molecule has 0 bridgehead atoms. The number of hydrogen-bond acceptors (Lipinski definition) is 3. The van der Waals surface area contributed by atoms with Crippen LogP contribution in [0.4, 0.5) is 16.2 Å². The van der Waals surface area contributed by atoms with E-state index >= 15 is 0 Å². The summed E-state index contributed by atoms with van der Waals surface area (Å²) in [6.45, 7) is 1.91. The molecule has 0 saturated heterocycles. The Balaban J connectivity index is 1.47. The standard InChI is InChI=1S/C26H29ClN4O/c1-30(2)23-13-9-21(10-14-23)25(31-16-15-20-5-3-4-6-24(20)31)18-29-26(32)28-17-19-7-11-22(27)12-8-19/h3-14,25H,15-18H2,1-2H3,(H2,28,29,32). The zero-order valence-corrected chi connectivity index (χ0v) is 19.3. The number of nitrogens with one attached hydrogen (secondary N) is 2. The number of nitrogens with zero attached hydrogens (tertiary/aromatic N) is 2. The molecule has 3 aromatic rings. The lowest BCUT2D eigenvalue weighted by Crippen LogP contribution is -2.41. The minimum absolute atomic E-state index is 0.0520. The molecule has 0 spiro atoms. The number of para-hydroxylation sites is 1. The van der Waals surface area contributed by atoms with Crippen molar-refractivity contribution in [2.45, 2.75) is 19.0 Å². The Bertz CT molecular complexity index is 1050. The van der Waals surface area contributed by atoms with Crippen LogP contribution in [0.15, 0.2) is 72.8 Å². The summed E-state index contributed by atoms with van der Waals surface area (Å²) >= 11 is 5.94. The van der Waals surface area contributed by atoms with E-state index in [2.05, 4.69) is 69.0 Å². The lowest BCUT2D eigenvalue weighted by Gasteiger charge is -2.31. The Labute approximate surface area is 195 Å². The number of carbonyl (C=O) groups excluding carboxylic acids is 1. The molecule has 0 radical (unpaired) electrons. The van der Waals surface area contributed by atoms with Gasteiger partial charge in [-0.1, -0.05) is 54.1 Å². The maximum Gasteiger partial charge on any atom is 0.315 e. The first-order valence-electron chi connectivity index (χ1n) is 10.9. The van der Waals surface area contributed by atoms with Gasteiger partial charge in [0.25, 0.3) is 0 Å². The lowest BCUT2D eigenvalue weighted by atomic mass is 10.0. The van der Waals surface area contributed by atoms with Crippen molar-refractivity contribution in [3.8, 4) is 0 Å². The van der Waals surface area contributed by atoms with Gasteiger partial charge in [-0.3, -0.25) is 0 Å². The molecule has 6 heteroatoms. The van der Waals surface area contributed by atoms with Gasteiger partial charge in [0.05, 0.1) is 6.04 Å². The molecule has 32 heavy (non-hydrogen) atoms. The topological polar surface area (TPSA) is 47.6 Å². The molecular formula is C26H29ClN4O. The molecule has 0 aromatic heterocycles. The molecule has 1 aliphatic rings. The van der Waals surface area contributed by atoms with Crippen molar-refractivity contribution in [1.82, 2.24) is 10.6 Å². The summed E-state index contributed by atoms with van der Waals surface area (Å²) in [4.78, 5) is 17.0. The highest BCUT2D eigenvalue weighted by molar-refractivity contribution is 6.30. The quantitative estimate of drug-likeness (QED) is 0.534. The van der Waals surface area contributed by atoms with Gasteiger partial charge in [0.15, 0.2) is 0 Å². The average Bonchev–Trinajstić information content (AvgIpc) is 3.23. The number of anilines is 2. The van der Waals surface area contributed by atoms with Crippen LogP contribution in [-0.2, 0) is 13.0 Å². The van der Waals surface area contributed by atoms with Gasteiger partial charge in [0.2, 0.25) is 0 Å². The Morgan fingerprint density at radius 1 is 1.00 bits per heavy atom. The molecule has 5 nitrogen and oxygen atoms in total. The van der Waals surface area contributed by atoms with Gasteiger partial charge in [0.1, 0.15) is 0 Å². The van der Waals surface area contributed by atoms with Gasteiger partial charge in [-0.05, 0) is 53.4 Å². The van der Waals surface area contributed by atoms with Crippen molar-refractivity contribution < 1.29 is 4.79 Å². The van der Waals surface area contributed by atoms with Crippen LogP contribution in [0.1, 0.15) is 22.7 Å². The molecule has 0 aliphatic carbocycles. The van der Waals surface area contributed by atoms with Crippen molar-refractivity contribution in [3.63, 3.8) is 0 Å². The van der Waals surface area contributed by atoms with E-state index in [1.807, 2.05) is 38.4 Å². The fourth-order valence-corrected chi connectivity index (χ4v) is 4.25. The number of carbonyl (C=O) groups is 1. The van der Waals surface area contributed by atoms with Gasteiger partial charge in [-0.25, -0.2) is 4.79 Å². The molecule has 2 amide bonds. The summed E-state index contributed by atoms with van der Waals surface area (Å²) in [6, 6.07) is 24.5. The van der Waals surface area contributed by atoms with E-state index in [1.54, 1.807) is 0 Å². The summed E-state index contributed by atoms with van der Waals surface area (Å²) in [6.07, 6.45) is 1.02. The van der Waals surface area contributed by atoms with Crippen molar-refractivity contribution in [2.24, 2.45) is 0 Å². The van der Waals surface area contributed by atoms with Crippen LogP contribution >= 0.6 is 11.6 Å². The van der Waals surface area contributed by atoms with Crippen molar-refractivity contribution >= 4 is 29.0 Å². The van der Waals surface area contributed by atoms with E-state index in [0.29, 0.717) is 18.1 Å². The van der Waals surface area contributed by atoms with Gasteiger partial charge in [0, 0.05) is 50.1 Å². The van der Waals surface area contributed by atoms with E-state index in [4.69, 9.17) is 11.6 Å². The summed E-state index contributed by atoms with van der Waals surface area (Å²) in [5, 5.41) is 6.71. The maximum absolute atomic E-state index is 12.5. The highest BCUT2D eigenvalue weighted by Crippen LogP contribution is 2.35. The predicted octanol–water partition coefficient (Wildman–Crippen LogP) is 5.01. The molecule has 1 aliphatic heterocycles. The summed E-state index contributed by atoms with van der Waals surface area (Å²) in [7, 11) is 4.07. The average molecular weight is 449 g/mol. The van der Waals surface area contributed by atoms with Crippen LogP contribution in [0.5, 0.6) is 0 Å². The number of amides is 2. The maximum atomic E-state index is 12.5. The minimum Gasteiger partial charge on any atom is -0.378 e. The first-order chi connectivity index (χ1) is 15.5. The van der Waals surface area contributed by atoms with Crippen LogP contribution in [-0.4, -0.2) is 33.2 Å². The molecule has 166 valence electrons. The van der Waals surface area contributed by atoms with Crippen molar-refractivity contribution in [2.75, 3.05) is 37.0 Å². The van der Waals surface area contributed by atoms with Crippen LogP contribution in [0.2, 0.25) is 5.02 Å². The molecule has 3 aromatic carbocycles. The van der Waals surface area contributed by atoms with Gasteiger partial charge in [-0.2, -0.15) is 0 Å². The number of hydrogen-bond donors (Lipinski definition) is 2. The van der Waals surface area contributed by atoms with Crippen LogP contribution in [0, 0.1) is 0 Å². The third kappa shape index (κ3) is 5.17. The molecular weight excluding hydrogens is 420 g/mol. The number of benzene rings is 3. The largest absolute Gasteiger partial charge is 0.378 e. The summed E-state index contributed by atoms with van der Waals surface area (Å²) in [5.74, 6) is 0. The third-order valence-corrected chi connectivity index (χ3v) is 6.17. The van der Waals surface area contributed by atoms with E-state index in [-0.39, 0.29) is 12.1 Å². The molecule has 1 unspecified atom stereocenters. The zero-order valence-electron chi connectivity index (χ0n) is 18.5. The second-order valence-electron chi connectivity index (χ2n) is 8.26. The number of urea groups is 1. The van der Waals surface area contributed by atoms with Crippen LogP contribution < -0.4 is 20.4 Å². The Morgan fingerprint density at radius 3 is 2.44 bits per heavy atom. The second kappa shape index (κ2) is 9.96. The molecule has 4 rings (SSSR count). The molecule has 0 fully saturated rings. The Morgan fingerprint density at radius 2 is 1.72 bits per heavy atom. The van der Waals surface area contributed by atoms with Crippen molar-refractivity contribution in [3.05, 3.63) is 94.5 Å². The van der Waals surface area contributed by atoms with Gasteiger partial charge >= 0.3 is 6.03 Å². The van der Waals surface area contributed by atoms with Crippen LogP contribution in [0.25, 0.3) is 0 Å². The van der Waals surface area contributed by atoms with E-state index < -0.39 is 0 Å². The highest BCUT2D eigenvalue weighted by Gasteiger charge is 2.27. The molecule has 1 heterocycles. The minimum atomic E-state index is -0.178. The second-order valence-corrected chi connectivity index (χ2v) is 8.70. The fourth-order valence-electron chi connectivity index (χ4n) is 4.13. The number of fused-ring (bicyclic) bond motifs is 1. The molecule has 2 N–H and O–H groups in total. The zero-order chi connectivity index (χ0) is 22.5. The Hall–Kier alpha value is -3.18. The van der Waals surface area contributed by atoms with Crippen molar-refractivity contribution in [1.29, 1.82) is 0 Å². The molecule has 0 saturated carbocycles. The van der Waals surface area contributed by atoms with Gasteiger partial charge < -0.3 is 20.4 Å². The number of halogens is 1. The molecule has 1 atom stereocenters. The first-order valence-corrected chi connectivity index (χ1v) is 11.3. The lowest BCUT2D eigenvalue weighted by molar-refractivity contribution is 0.239. The fraction of sp³-hybridized carbons (Fsp3) is 0.269. The third-order valence-electron chi connectivity index (χ3n) is 5.92. The number of rotatable bonds is 7. The van der Waals surface area contributed by atoms with E-state index in [0.717, 1.165) is 24.2 Å². The Kier molecular flexibility index (Phi) is 6.86. The monoisotopic (exact) mass is 448 g/mol. The van der Waals surface area contributed by atoms with E-state index in [1.165, 1.54) is 16.8 Å². The highest BCUT2D eigenvalue weighted by atomic mass is 35.5. The summed E-state index contributed by atoms with van der Waals surface area (Å²) in [5.41, 5.74) is 5.95. The first kappa shape index (κ1) is 22.0. The SMILES string of the molecule is CN(C)c1ccc(C(CNC(=O)NCc2ccc(Cl)cc2)N2CCc3ccccc32)cc1. The van der Waals surface area contributed by atoms with E-state index in [9.17, 15) is 4.79 Å². The normalized spacial score (nSPS) is 13.4. The smallest absolute Gasteiger partial charge is 0.315 e. The van der Waals surface area contributed by atoms with Gasteiger partial charge in [-0.15, -0.1) is 0 Å². The summed E-state index contributed by atoms with van der Waals surface area (Å²) < 4.78 is 0. The van der Waals surface area contributed by atoms with Crippen LogP contribution in [0.3, 0.4) is 0 Å².